The van der Waals surface area contributed by atoms with Gasteiger partial charge in [0.15, 0.2) is 0 Å². The van der Waals surface area contributed by atoms with Crippen LogP contribution >= 0.6 is 11.3 Å². The van der Waals surface area contributed by atoms with Gasteiger partial charge in [0.05, 0.1) is 6.20 Å². The van der Waals surface area contributed by atoms with Crippen LogP contribution in [0, 0.1) is 10.1 Å². The van der Waals surface area contributed by atoms with Crippen LogP contribution in [0.15, 0.2) is 23.7 Å². The summed E-state index contributed by atoms with van der Waals surface area (Å²) >= 11 is 1.41. The van der Waals surface area contributed by atoms with Crippen molar-refractivity contribution in [2.45, 2.75) is 31.8 Å². The first-order valence-electron chi connectivity index (χ1n) is 6.56. The Labute approximate surface area is 124 Å². The third-order valence-electron chi connectivity index (χ3n) is 3.55. The van der Waals surface area contributed by atoms with E-state index < -0.39 is 22.8 Å². The van der Waals surface area contributed by atoms with E-state index in [4.69, 9.17) is 0 Å². The lowest BCUT2D eigenvalue weighted by atomic mass is 9.88. The lowest BCUT2D eigenvalue weighted by molar-refractivity contribution is -0.509. The minimum Gasteiger partial charge on any atom is -0.305 e. The van der Waals surface area contributed by atoms with Gasteiger partial charge in [-0.3, -0.25) is 14.9 Å². The Morgan fingerprint density at radius 3 is 2.86 bits per heavy atom. The summed E-state index contributed by atoms with van der Waals surface area (Å²) in [7, 11) is 0. The normalized spacial score (nSPS) is 21.2. The number of carbonyl (C=O) groups excluding carboxylic acids is 1. The minimum absolute atomic E-state index is 0.0604. The van der Waals surface area contributed by atoms with E-state index >= 15 is 0 Å². The zero-order valence-electron chi connectivity index (χ0n) is 11.5. The molecule has 7 nitrogen and oxygen atoms in total. The molecule has 1 aliphatic rings. The van der Waals surface area contributed by atoms with Crippen molar-refractivity contribution in [3.8, 4) is 0 Å². The quantitative estimate of drug-likeness (QED) is 0.695. The van der Waals surface area contributed by atoms with Gasteiger partial charge in [0.2, 0.25) is 0 Å². The summed E-state index contributed by atoms with van der Waals surface area (Å²) in [5.74, 6) is -0.615. The molecule has 2 aromatic heterocycles. The summed E-state index contributed by atoms with van der Waals surface area (Å²) in [4.78, 5) is 23.8. The molecule has 1 aliphatic heterocycles. The summed E-state index contributed by atoms with van der Waals surface area (Å²) in [6.45, 7) is 3.89. The molecular weight excluding hydrogens is 292 g/mol. The molecule has 1 N–H and O–H groups in total. The number of anilines is 1. The van der Waals surface area contributed by atoms with Crippen LogP contribution in [0.4, 0.5) is 5.82 Å². The third-order valence-corrected chi connectivity index (χ3v) is 4.51. The van der Waals surface area contributed by atoms with Gasteiger partial charge < -0.3 is 5.32 Å². The van der Waals surface area contributed by atoms with Gasteiger partial charge in [-0.05, 0) is 25.3 Å². The van der Waals surface area contributed by atoms with Gasteiger partial charge in [-0.2, -0.15) is 5.10 Å². The highest BCUT2D eigenvalue weighted by Gasteiger charge is 2.47. The standard InChI is InChI=1S/C13H14N4O3S/c1-7(2)16-12-8(6-14-16)10(9-4-3-5-21-9)11(17(19)20)13(18)15-12/h3-7,10-11H,1-2H3,(H,15,18)/t10-,11-/m1/s1. The van der Waals surface area contributed by atoms with Crippen LogP contribution in [0.25, 0.3) is 0 Å². The number of carbonyl (C=O) groups is 1. The number of fused-ring (bicyclic) bond motifs is 1. The third kappa shape index (κ3) is 2.11. The second-order valence-electron chi connectivity index (χ2n) is 5.20. The average molecular weight is 306 g/mol. The fraction of sp³-hybridized carbons (Fsp3) is 0.385. The first kappa shape index (κ1) is 13.7. The molecule has 0 unspecified atom stereocenters. The maximum Gasteiger partial charge on any atom is 0.301 e. The van der Waals surface area contributed by atoms with Crippen LogP contribution in [0.3, 0.4) is 0 Å². The van der Waals surface area contributed by atoms with Gasteiger partial charge in [0.25, 0.3) is 0 Å². The predicted octanol–water partition coefficient (Wildman–Crippen LogP) is 2.25. The number of nitrogens with one attached hydrogen (secondary N) is 1. The summed E-state index contributed by atoms with van der Waals surface area (Å²) in [6, 6.07) is 2.39. The van der Waals surface area contributed by atoms with E-state index in [1.54, 1.807) is 10.9 Å². The molecule has 2 atom stereocenters. The molecule has 21 heavy (non-hydrogen) atoms. The van der Waals surface area contributed by atoms with Crippen molar-refractivity contribution in [3.63, 3.8) is 0 Å². The Kier molecular flexibility index (Phi) is 3.25. The second kappa shape index (κ2) is 4.96. The highest BCUT2D eigenvalue weighted by Crippen LogP contribution is 2.40. The maximum atomic E-state index is 12.2. The monoisotopic (exact) mass is 306 g/mol. The molecule has 3 rings (SSSR count). The van der Waals surface area contributed by atoms with Gasteiger partial charge >= 0.3 is 11.9 Å². The largest absolute Gasteiger partial charge is 0.305 e. The summed E-state index contributed by atoms with van der Waals surface area (Å²) in [5, 5.41) is 20.1. The first-order valence-corrected chi connectivity index (χ1v) is 7.44. The zero-order chi connectivity index (χ0) is 15.1. The SMILES string of the molecule is CC(C)n1ncc2c1NC(=O)[C@H]([N+](=O)[O-])[C@H]2c1cccs1. The fourth-order valence-corrected chi connectivity index (χ4v) is 3.50. The molecule has 3 heterocycles. The maximum absolute atomic E-state index is 12.2. The van der Waals surface area contributed by atoms with E-state index in [2.05, 4.69) is 10.4 Å². The van der Waals surface area contributed by atoms with Crippen LogP contribution < -0.4 is 5.32 Å². The van der Waals surface area contributed by atoms with Crippen molar-refractivity contribution in [2.75, 3.05) is 5.32 Å². The van der Waals surface area contributed by atoms with Crippen molar-refractivity contribution < 1.29 is 9.72 Å². The van der Waals surface area contributed by atoms with Crippen molar-refractivity contribution in [1.82, 2.24) is 9.78 Å². The minimum atomic E-state index is -1.32. The topological polar surface area (TPSA) is 90.1 Å². The van der Waals surface area contributed by atoms with E-state index in [1.807, 2.05) is 31.4 Å². The molecule has 0 aliphatic carbocycles. The van der Waals surface area contributed by atoms with Gasteiger partial charge in [-0.25, -0.2) is 4.68 Å². The summed E-state index contributed by atoms with van der Waals surface area (Å²) in [5.41, 5.74) is 0.701. The predicted molar refractivity (Wildman–Crippen MR) is 78.2 cm³/mol. The molecule has 0 spiro atoms. The Balaban J connectivity index is 2.18. The van der Waals surface area contributed by atoms with E-state index in [-0.39, 0.29) is 6.04 Å². The van der Waals surface area contributed by atoms with Crippen LogP contribution in [0.1, 0.15) is 36.2 Å². The Hall–Kier alpha value is -2.22. The molecule has 8 heteroatoms. The molecule has 0 fully saturated rings. The molecule has 0 aromatic carbocycles. The first-order chi connectivity index (χ1) is 10.0. The molecule has 0 saturated carbocycles. The molecule has 0 saturated heterocycles. The van der Waals surface area contributed by atoms with Gasteiger partial charge in [0.1, 0.15) is 11.7 Å². The number of thiophene rings is 1. The van der Waals surface area contributed by atoms with E-state index in [1.165, 1.54) is 11.3 Å². The van der Waals surface area contributed by atoms with Crippen molar-refractivity contribution in [1.29, 1.82) is 0 Å². The molecule has 0 bridgehead atoms. The van der Waals surface area contributed by atoms with Gasteiger partial charge in [-0.15, -0.1) is 11.3 Å². The second-order valence-corrected chi connectivity index (χ2v) is 6.18. The van der Waals surface area contributed by atoms with E-state index in [0.717, 1.165) is 4.88 Å². The highest BCUT2D eigenvalue weighted by atomic mass is 32.1. The lowest BCUT2D eigenvalue weighted by Crippen LogP contribution is -2.44. The Morgan fingerprint density at radius 1 is 1.52 bits per heavy atom. The Morgan fingerprint density at radius 2 is 2.29 bits per heavy atom. The summed E-state index contributed by atoms with van der Waals surface area (Å²) in [6.07, 6.45) is 1.62. The van der Waals surface area contributed by atoms with Gasteiger partial charge in [-0.1, -0.05) is 6.07 Å². The van der Waals surface area contributed by atoms with Crippen molar-refractivity contribution >= 4 is 23.1 Å². The lowest BCUT2D eigenvalue weighted by Gasteiger charge is -2.26. The molecule has 110 valence electrons. The summed E-state index contributed by atoms with van der Waals surface area (Å²) < 4.78 is 1.68. The molecule has 0 radical (unpaired) electrons. The molecule has 2 aromatic rings. The number of aromatic nitrogens is 2. The zero-order valence-corrected chi connectivity index (χ0v) is 12.3. The number of hydrogen-bond acceptors (Lipinski definition) is 5. The number of amides is 1. The van der Waals surface area contributed by atoms with E-state index in [9.17, 15) is 14.9 Å². The van der Waals surface area contributed by atoms with Crippen LogP contribution in [-0.2, 0) is 4.79 Å². The van der Waals surface area contributed by atoms with Gasteiger partial charge in [0, 0.05) is 21.4 Å². The number of nitro groups is 1. The number of nitrogens with zero attached hydrogens (tertiary/aromatic N) is 3. The average Bonchev–Trinajstić information content (AvgIpc) is 3.05. The molecular formula is C13H14N4O3S. The van der Waals surface area contributed by atoms with Crippen LogP contribution in [-0.4, -0.2) is 26.7 Å². The van der Waals surface area contributed by atoms with Crippen molar-refractivity contribution in [2.24, 2.45) is 0 Å². The van der Waals surface area contributed by atoms with Crippen LogP contribution in [0.5, 0.6) is 0 Å². The highest BCUT2D eigenvalue weighted by molar-refractivity contribution is 7.10. The van der Waals surface area contributed by atoms with Crippen LogP contribution in [0.2, 0.25) is 0 Å². The van der Waals surface area contributed by atoms with E-state index in [0.29, 0.717) is 11.4 Å². The molecule has 1 amide bonds. The Bertz CT molecular complexity index is 692. The van der Waals surface area contributed by atoms with Crippen molar-refractivity contribution in [3.05, 3.63) is 44.3 Å². The number of hydrogen-bond donors (Lipinski definition) is 1. The number of rotatable bonds is 3. The fourth-order valence-electron chi connectivity index (χ4n) is 2.63. The smallest absolute Gasteiger partial charge is 0.301 e.